The van der Waals surface area contributed by atoms with Gasteiger partial charge in [0.25, 0.3) is 0 Å². The van der Waals surface area contributed by atoms with Crippen LogP contribution in [0.25, 0.3) is 0 Å². The normalized spacial score (nSPS) is 15.6. The van der Waals surface area contributed by atoms with Gasteiger partial charge in [0, 0.05) is 17.5 Å². The van der Waals surface area contributed by atoms with E-state index >= 15 is 0 Å². The number of fused-ring (bicyclic) bond motifs is 1. The predicted molar refractivity (Wildman–Crippen MR) is 97.1 cm³/mol. The van der Waals surface area contributed by atoms with E-state index in [-0.39, 0.29) is 11.7 Å². The van der Waals surface area contributed by atoms with Gasteiger partial charge in [-0.2, -0.15) is 0 Å². The zero-order valence-corrected chi connectivity index (χ0v) is 15.5. The molecular formula is C20H24O6. The van der Waals surface area contributed by atoms with Gasteiger partial charge in [0.05, 0.1) is 35.0 Å². The summed E-state index contributed by atoms with van der Waals surface area (Å²) in [5, 5.41) is 9.75. The quantitative estimate of drug-likeness (QED) is 0.853. The van der Waals surface area contributed by atoms with E-state index in [4.69, 9.17) is 23.7 Å². The molecule has 1 atom stereocenters. The Hall–Kier alpha value is -2.76. The fraction of sp³-hybridized carbons (Fsp3) is 0.400. The van der Waals surface area contributed by atoms with Crippen molar-refractivity contribution in [3.05, 3.63) is 35.4 Å². The minimum atomic E-state index is 0.139. The summed E-state index contributed by atoms with van der Waals surface area (Å²) in [6, 6.07) is 7.26. The number of hydrogen-bond acceptors (Lipinski definition) is 6. The average molecular weight is 360 g/mol. The van der Waals surface area contributed by atoms with E-state index in [0.717, 1.165) is 29.7 Å². The van der Waals surface area contributed by atoms with Gasteiger partial charge in [-0.1, -0.05) is 6.07 Å². The maximum Gasteiger partial charge on any atom is 0.203 e. The Balaban J connectivity index is 1.87. The fourth-order valence-corrected chi connectivity index (χ4v) is 3.38. The molecule has 0 saturated heterocycles. The SMILES string of the molecule is COc1cc(CC2COc3cc(OC)c(OC)c(OC)c3C2)ccc1O. The summed E-state index contributed by atoms with van der Waals surface area (Å²) in [6.45, 7) is 0.592. The first-order chi connectivity index (χ1) is 12.6. The second-order valence-corrected chi connectivity index (χ2v) is 6.21. The van der Waals surface area contributed by atoms with Gasteiger partial charge in [-0.25, -0.2) is 0 Å². The van der Waals surface area contributed by atoms with Crippen LogP contribution >= 0.6 is 0 Å². The second-order valence-electron chi connectivity index (χ2n) is 6.21. The first kappa shape index (κ1) is 18.0. The van der Waals surface area contributed by atoms with Crippen LogP contribution in [0, 0.1) is 5.92 Å². The summed E-state index contributed by atoms with van der Waals surface area (Å²) in [4.78, 5) is 0. The van der Waals surface area contributed by atoms with E-state index in [2.05, 4.69) is 0 Å². The maximum absolute atomic E-state index is 9.75. The highest BCUT2D eigenvalue weighted by Crippen LogP contribution is 2.47. The van der Waals surface area contributed by atoms with Crippen LogP contribution in [0.3, 0.4) is 0 Å². The van der Waals surface area contributed by atoms with E-state index in [9.17, 15) is 5.11 Å². The number of ether oxygens (including phenoxy) is 5. The van der Waals surface area contributed by atoms with Crippen molar-refractivity contribution in [2.75, 3.05) is 35.0 Å². The molecule has 6 heteroatoms. The molecular weight excluding hydrogens is 336 g/mol. The molecule has 0 saturated carbocycles. The van der Waals surface area contributed by atoms with Gasteiger partial charge in [0.2, 0.25) is 5.75 Å². The molecule has 1 aliphatic rings. The maximum atomic E-state index is 9.75. The zero-order chi connectivity index (χ0) is 18.7. The highest BCUT2D eigenvalue weighted by atomic mass is 16.5. The lowest BCUT2D eigenvalue weighted by molar-refractivity contribution is 0.213. The molecule has 0 spiro atoms. The van der Waals surface area contributed by atoms with E-state index in [1.807, 2.05) is 18.2 Å². The number of phenols is 1. The number of rotatable bonds is 6. The third-order valence-electron chi connectivity index (χ3n) is 4.63. The van der Waals surface area contributed by atoms with Crippen molar-refractivity contribution in [3.63, 3.8) is 0 Å². The van der Waals surface area contributed by atoms with Crippen molar-refractivity contribution in [3.8, 4) is 34.5 Å². The van der Waals surface area contributed by atoms with Crippen molar-refractivity contribution >= 4 is 0 Å². The van der Waals surface area contributed by atoms with Crippen LogP contribution in [0.15, 0.2) is 24.3 Å². The van der Waals surface area contributed by atoms with Crippen LogP contribution in [-0.4, -0.2) is 40.2 Å². The fourth-order valence-electron chi connectivity index (χ4n) is 3.38. The van der Waals surface area contributed by atoms with Crippen molar-refractivity contribution in [1.29, 1.82) is 0 Å². The Kier molecular flexibility index (Phi) is 5.30. The topological polar surface area (TPSA) is 66.4 Å². The van der Waals surface area contributed by atoms with Crippen LogP contribution < -0.4 is 23.7 Å². The van der Waals surface area contributed by atoms with Crippen LogP contribution in [0.1, 0.15) is 11.1 Å². The predicted octanol–water partition coefficient (Wildman–Crippen LogP) is 3.22. The first-order valence-electron chi connectivity index (χ1n) is 8.41. The van der Waals surface area contributed by atoms with E-state index in [0.29, 0.717) is 29.6 Å². The molecule has 140 valence electrons. The lowest BCUT2D eigenvalue weighted by Crippen LogP contribution is -2.23. The van der Waals surface area contributed by atoms with E-state index in [1.165, 1.54) is 0 Å². The summed E-state index contributed by atoms with van der Waals surface area (Å²) < 4.78 is 27.6. The van der Waals surface area contributed by atoms with Gasteiger partial charge in [-0.3, -0.25) is 0 Å². The third kappa shape index (κ3) is 3.31. The molecule has 0 aromatic heterocycles. The summed E-state index contributed by atoms with van der Waals surface area (Å²) in [5.74, 6) is 3.45. The summed E-state index contributed by atoms with van der Waals surface area (Å²) >= 11 is 0. The molecule has 2 aromatic carbocycles. The molecule has 3 rings (SSSR count). The Morgan fingerprint density at radius 3 is 2.35 bits per heavy atom. The van der Waals surface area contributed by atoms with Crippen molar-refractivity contribution < 1.29 is 28.8 Å². The van der Waals surface area contributed by atoms with Gasteiger partial charge in [-0.15, -0.1) is 0 Å². The molecule has 0 bridgehead atoms. The Bertz CT molecular complexity index is 786. The lowest BCUT2D eigenvalue weighted by Gasteiger charge is -2.28. The van der Waals surface area contributed by atoms with Crippen LogP contribution in [0.4, 0.5) is 0 Å². The minimum absolute atomic E-state index is 0.139. The standard InChI is InChI=1S/C20H24O6/c1-22-17-9-12(5-6-15(17)21)7-13-8-14-16(26-11-13)10-18(23-2)20(25-4)19(14)24-3/h5-6,9-10,13,21H,7-8,11H2,1-4H3. The molecule has 6 nitrogen and oxygen atoms in total. The molecule has 1 aliphatic heterocycles. The number of phenolic OH excluding ortho intramolecular Hbond substituents is 1. The van der Waals surface area contributed by atoms with Gasteiger partial charge in [-0.05, 0) is 30.5 Å². The van der Waals surface area contributed by atoms with Gasteiger partial charge in [0.15, 0.2) is 23.0 Å². The van der Waals surface area contributed by atoms with Gasteiger partial charge in [0.1, 0.15) is 5.75 Å². The molecule has 2 aromatic rings. The number of hydrogen-bond donors (Lipinski definition) is 1. The second kappa shape index (κ2) is 7.64. The van der Waals surface area contributed by atoms with Crippen molar-refractivity contribution in [2.45, 2.75) is 12.8 Å². The summed E-state index contributed by atoms with van der Waals surface area (Å²) in [7, 11) is 6.35. The lowest BCUT2D eigenvalue weighted by atomic mass is 9.90. The highest BCUT2D eigenvalue weighted by molar-refractivity contribution is 5.62. The molecule has 0 aliphatic carbocycles. The Morgan fingerprint density at radius 2 is 1.69 bits per heavy atom. The molecule has 26 heavy (non-hydrogen) atoms. The molecule has 1 heterocycles. The minimum Gasteiger partial charge on any atom is -0.504 e. The number of aromatic hydroxyl groups is 1. The number of benzene rings is 2. The van der Waals surface area contributed by atoms with E-state index in [1.54, 1.807) is 34.5 Å². The Labute approximate surface area is 153 Å². The third-order valence-corrected chi connectivity index (χ3v) is 4.63. The molecule has 1 N–H and O–H groups in total. The summed E-state index contributed by atoms with van der Waals surface area (Å²) in [6.07, 6.45) is 1.59. The molecule has 1 unspecified atom stereocenters. The Morgan fingerprint density at radius 1 is 0.962 bits per heavy atom. The van der Waals surface area contributed by atoms with Crippen molar-refractivity contribution in [1.82, 2.24) is 0 Å². The average Bonchev–Trinajstić information content (AvgIpc) is 2.67. The van der Waals surface area contributed by atoms with Gasteiger partial charge >= 0.3 is 0 Å². The smallest absolute Gasteiger partial charge is 0.203 e. The van der Waals surface area contributed by atoms with Crippen molar-refractivity contribution in [2.24, 2.45) is 5.92 Å². The molecule has 0 amide bonds. The summed E-state index contributed by atoms with van der Waals surface area (Å²) in [5.41, 5.74) is 2.06. The van der Waals surface area contributed by atoms with Crippen LogP contribution in [0.5, 0.6) is 34.5 Å². The van der Waals surface area contributed by atoms with Crippen LogP contribution in [-0.2, 0) is 12.8 Å². The molecule has 0 radical (unpaired) electrons. The zero-order valence-electron chi connectivity index (χ0n) is 15.5. The number of methoxy groups -OCH3 is 4. The monoisotopic (exact) mass is 360 g/mol. The first-order valence-corrected chi connectivity index (χ1v) is 8.41. The van der Waals surface area contributed by atoms with Crippen LogP contribution in [0.2, 0.25) is 0 Å². The van der Waals surface area contributed by atoms with E-state index < -0.39 is 0 Å². The largest absolute Gasteiger partial charge is 0.504 e. The molecule has 0 fully saturated rings. The van der Waals surface area contributed by atoms with Gasteiger partial charge < -0.3 is 28.8 Å². The highest BCUT2D eigenvalue weighted by Gasteiger charge is 2.28.